The van der Waals surface area contributed by atoms with E-state index in [9.17, 15) is 24.3 Å². The zero-order chi connectivity index (χ0) is 29.9. The molecule has 3 atom stereocenters. The number of hydrogen-bond acceptors (Lipinski definition) is 5. The summed E-state index contributed by atoms with van der Waals surface area (Å²) in [6.45, 7) is 5.17. The van der Waals surface area contributed by atoms with Crippen LogP contribution in [0.4, 0.5) is 0 Å². The molecule has 6 N–H and O–H groups in total. The molecule has 3 aromatic rings. The van der Waals surface area contributed by atoms with Crippen molar-refractivity contribution in [3.8, 4) is 16.9 Å². The van der Waals surface area contributed by atoms with Crippen LogP contribution in [0, 0.1) is 5.92 Å². The van der Waals surface area contributed by atoms with Crippen molar-refractivity contribution in [2.45, 2.75) is 58.2 Å². The second-order valence-electron chi connectivity index (χ2n) is 10.5. The molecule has 0 aliphatic rings. The van der Waals surface area contributed by atoms with Crippen LogP contribution >= 0.6 is 0 Å². The summed E-state index contributed by atoms with van der Waals surface area (Å²) in [5.41, 5.74) is 9.22. The summed E-state index contributed by atoms with van der Waals surface area (Å²) in [5, 5.41) is 17.7. The normalized spacial score (nSPS) is 13.1. The van der Waals surface area contributed by atoms with Gasteiger partial charge in [-0.25, -0.2) is 0 Å². The minimum absolute atomic E-state index is 0.0634. The lowest BCUT2D eigenvalue weighted by atomic mass is 9.99. The molecule has 4 amide bonds. The van der Waals surface area contributed by atoms with Crippen molar-refractivity contribution in [2.24, 2.45) is 11.7 Å². The van der Waals surface area contributed by atoms with Crippen LogP contribution in [0.3, 0.4) is 0 Å². The van der Waals surface area contributed by atoms with Crippen molar-refractivity contribution in [2.75, 3.05) is 0 Å². The predicted octanol–water partition coefficient (Wildman–Crippen LogP) is 2.85. The summed E-state index contributed by atoms with van der Waals surface area (Å²) in [6, 6.07) is 20.8. The van der Waals surface area contributed by atoms with Gasteiger partial charge in [0, 0.05) is 19.8 Å². The summed E-state index contributed by atoms with van der Waals surface area (Å²) in [4.78, 5) is 50.8. The zero-order valence-corrected chi connectivity index (χ0v) is 23.6. The van der Waals surface area contributed by atoms with Crippen molar-refractivity contribution >= 4 is 23.6 Å². The van der Waals surface area contributed by atoms with Crippen LogP contribution in [0.2, 0.25) is 0 Å². The molecule has 0 unspecified atom stereocenters. The molecule has 216 valence electrons. The van der Waals surface area contributed by atoms with Gasteiger partial charge in [-0.2, -0.15) is 0 Å². The molecule has 0 aromatic heterocycles. The van der Waals surface area contributed by atoms with Gasteiger partial charge in [-0.05, 0) is 46.7 Å². The lowest BCUT2D eigenvalue weighted by Gasteiger charge is -2.25. The maximum atomic E-state index is 13.5. The summed E-state index contributed by atoms with van der Waals surface area (Å²) < 4.78 is 0. The van der Waals surface area contributed by atoms with E-state index >= 15 is 0 Å². The van der Waals surface area contributed by atoms with Crippen molar-refractivity contribution in [1.82, 2.24) is 16.0 Å². The number of nitrogens with two attached hydrogens (primary N) is 1. The highest BCUT2D eigenvalue weighted by molar-refractivity contribution is 5.94. The Morgan fingerprint density at radius 2 is 1.17 bits per heavy atom. The molecule has 0 fully saturated rings. The van der Waals surface area contributed by atoms with E-state index in [0.717, 1.165) is 16.7 Å². The van der Waals surface area contributed by atoms with Gasteiger partial charge >= 0.3 is 0 Å². The number of carbonyl (C=O) groups is 4. The highest BCUT2D eigenvalue weighted by Crippen LogP contribution is 2.20. The molecule has 9 heteroatoms. The van der Waals surface area contributed by atoms with Crippen molar-refractivity contribution in [1.29, 1.82) is 0 Å². The fourth-order valence-corrected chi connectivity index (χ4v) is 4.49. The summed E-state index contributed by atoms with van der Waals surface area (Å²) in [7, 11) is 0. The molecule has 0 bridgehead atoms. The number of benzene rings is 3. The number of amides is 4. The lowest BCUT2D eigenvalue weighted by Crippen LogP contribution is -2.57. The van der Waals surface area contributed by atoms with Crippen LogP contribution in [-0.2, 0) is 32.0 Å². The van der Waals surface area contributed by atoms with Gasteiger partial charge in [0.25, 0.3) is 0 Å². The number of primary amides is 1. The van der Waals surface area contributed by atoms with E-state index in [4.69, 9.17) is 5.73 Å². The monoisotopic (exact) mass is 558 g/mol. The third-order valence-corrected chi connectivity index (χ3v) is 6.57. The summed E-state index contributed by atoms with van der Waals surface area (Å²) in [5.74, 6) is -2.02. The SMILES string of the molecule is CC(=O)N[C@H](CC(C)C)C(=O)N[C@@H](Cc1ccc(O)cc1)C(=O)N[C@@H](Cc1ccc(-c2ccccc2)cc1)C(N)=O. The van der Waals surface area contributed by atoms with Crippen LogP contribution < -0.4 is 21.7 Å². The van der Waals surface area contributed by atoms with Crippen LogP contribution in [0.15, 0.2) is 78.9 Å². The third-order valence-electron chi connectivity index (χ3n) is 6.57. The van der Waals surface area contributed by atoms with Crippen molar-refractivity contribution in [3.63, 3.8) is 0 Å². The van der Waals surface area contributed by atoms with Crippen molar-refractivity contribution in [3.05, 3.63) is 90.0 Å². The van der Waals surface area contributed by atoms with E-state index in [1.54, 1.807) is 12.1 Å². The van der Waals surface area contributed by atoms with Crippen LogP contribution in [-0.4, -0.2) is 46.9 Å². The zero-order valence-electron chi connectivity index (χ0n) is 23.6. The summed E-state index contributed by atoms with van der Waals surface area (Å²) >= 11 is 0. The molecule has 3 aromatic carbocycles. The van der Waals surface area contributed by atoms with Gasteiger partial charge in [-0.15, -0.1) is 0 Å². The first-order chi connectivity index (χ1) is 19.5. The van der Waals surface area contributed by atoms with E-state index in [2.05, 4.69) is 16.0 Å². The van der Waals surface area contributed by atoms with Gasteiger partial charge in [-0.1, -0.05) is 80.6 Å². The first-order valence-corrected chi connectivity index (χ1v) is 13.6. The quantitative estimate of drug-likeness (QED) is 0.219. The number of rotatable bonds is 13. The Morgan fingerprint density at radius 3 is 1.71 bits per heavy atom. The third kappa shape index (κ3) is 9.79. The van der Waals surface area contributed by atoms with Crippen LogP contribution in [0.1, 0.15) is 38.3 Å². The van der Waals surface area contributed by atoms with Crippen LogP contribution in [0.5, 0.6) is 5.75 Å². The van der Waals surface area contributed by atoms with Crippen LogP contribution in [0.25, 0.3) is 11.1 Å². The van der Waals surface area contributed by atoms with E-state index < -0.39 is 35.8 Å². The molecular weight excluding hydrogens is 520 g/mol. The predicted molar refractivity (Wildman–Crippen MR) is 158 cm³/mol. The average molecular weight is 559 g/mol. The molecule has 0 radical (unpaired) electrons. The first-order valence-electron chi connectivity index (χ1n) is 13.6. The molecule has 3 rings (SSSR count). The minimum Gasteiger partial charge on any atom is -0.508 e. The van der Waals surface area contributed by atoms with E-state index in [1.807, 2.05) is 68.4 Å². The van der Waals surface area contributed by atoms with Gasteiger partial charge in [0.15, 0.2) is 0 Å². The number of phenolic OH excluding ortho intramolecular Hbond substituents is 1. The Kier molecular flexibility index (Phi) is 11.0. The Bertz CT molecular complexity index is 1320. The number of nitrogens with one attached hydrogen (secondary N) is 3. The highest BCUT2D eigenvalue weighted by Gasteiger charge is 2.29. The lowest BCUT2D eigenvalue weighted by molar-refractivity contribution is -0.133. The molecule has 0 heterocycles. The van der Waals surface area contributed by atoms with Crippen molar-refractivity contribution < 1.29 is 24.3 Å². The average Bonchev–Trinajstić information content (AvgIpc) is 2.93. The number of carbonyl (C=O) groups excluding carboxylic acids is 4. The van der Waals surface area contributed by atoms with E-state index in [1.165, 1.54) is 19.1 Å². The smallest absolute Gasteiger partial charge is 0.243 e. The van der Waals surface area contributed by atoms with E-state index in [0.29, 0.717) is 12.0 Å². The fourth-order valence-electron chi connectivity index (χ4n) is 4.49. The Hall–Kier alpha value is -4.66. The second-order valence-corrected chi connectivity index (χ2v) is 10.5. The largest absolute Gasteiger partial charge is 0.508 e. The summed E-state index contributed by atoms with van der Waals surface area (Å²) in [6.07, 6.45) is 0.628. The highest BCUT2D eigenvalue weighted by atomic mass is 16.3. The number of aromatic hydroxyl groups is 1. The molecule has 0 saturated carbocycles. The molecular formula is C32H38N4O5. The fraction of sp³-hybridized carbons (Fsp3) is 0.312. The number of hydrogen-bond donors (Lipinski definition) is 5. The molecule has 0 aliphatic carbocycles. The Morgan fingerprint density at radius 1 is 0.683 bits per heavy atom. The number of phenols is 1. The molecule has 41 heavy (non-hydrogen) atoms. The topological polar surface area (TPSA) is 151 Å². The maximum Gasteiger partial charge on any atom is 0.243 e. The van der Waals surface area contributed by atoms with Gasteiger partial charge in [-0.3, -0.25) is 19.2 Å². The maximum absolute atomic E-state index is 13.5. The molecule has 0 saturated heterocycles. The van der Waals surface area contributed by atoms with Gasteiger partial charge in [0.1, 0.15) is 23.9 Å². The van der Waals surface area contributed by atoms with Gasteiger partial charge in [0.2, 0.25) is 23.6 Å². The Labute approximate surface area is 240 Å². The van der Waals surface area contributed by atoms with E-state index in [-0.39, 0.29) is 30.4 Å². The minimum atomic E-state index is -1.07. The van der Waals surface area contributed by atoms with Gasteiger partial charge < -0.3 is 26.8 Å². The standard InChI is InChI=1S/C32H38N4O5/c1-20(2)17-28(34-21(3)37)31(40)36-29(19-23-11-15-26(38)16-12-23)32(41)35-27(30(33)39)18-22-9-13-25(14-10-22)24-7-5-4-6-8-24/h4-16,20,27-29,38H,17-19H2,1-3H3,(H2,33,39)(H,34,37)(H,35,41)(H,36,40)/t27-,28+,29-/m0/s1. The second kappa shape index (κ2) is 14.6. The Balaban J connectivity index is 1.78. The molecule has 0 spiro atoms. The molecule has 0 aliphatic heterocycles. The molecule has 9 nitrogen and oxygen atoms in total. The van der Waals surface area contributed by atoms with Gasteiger partial charge in [0.05, 0.1) is 0 Å². The first kappa shape index (κ1) is 30.9.